The van der Waals surface area contributed by atoms with Gasteiger partial charge in [-0.05, 0) is 60.1 Å². The van der Waals surface area contributed by atoms with Gasteiger partial charge in [0.1, 0.15) is 9.32 Å². The third kappa shape index (κ3) is 2.40. The van der Waals surface area contributed by atoms with E-state index in [0.29, 0.717) is 9.45 Å². The molecule has 0 radical (unpaired) electrons. The van der Waals surface area contributed by atoms with Crippen LogP contribution in [0.1, 0.15) is 16.7 Å². The summed E-state index contributed by atoms with van der Waals surface area (Å²) in [4.78, 5) is 18.1. The van der Waals surface area contributed by atoms with Crippen LogP contribution >= 0.6 is 22.6 Å². The number of ether oxygens (including phenoxy) is 1. The van der Waals surface area contributed by atoms with E-state index in [2.05, 4.69) is 9.97 Å². The molecule has 0 aliphatic rings. The second-order valence-electron chi connectivity index (χ2n) is 4.11. The molecule has 1 aromatic heterocycles. The van der Waals surface area contributed by atoms with E-state index in [1.165, 1.54) is 6.33 Å². The normalized spacial score (nSPS) is 10.4. The average Bonchev–Trinajstić information content (AvgIpc) is 2.35. The maximum absolute atomic E-state index is 11.5. The maximum atomic E-state index is 11.5. The first-order valence-electron chi connectivity index (χ1n) is 5.48. The third-order valence-electron chi connectivity index (χ3n) is 2.84. The summed E-state index contributed by atoms with van der Waals surface area (Å²) in [7, 11) is 0. The van der Waals surface area contributed by atoms with Crippen LogP contribution in [0.2, 0.25) is 0 Å². The van der Waals surface area contributed by atoms with Crippen molar-refractivity contribution in [2.45, 2.75) is 20.8 Å². The molecule has 94 valence electrons. The molecule has 0 spiro atoms. The Morgan fingerprint density at radius 1 is 1.22 bits per heavy atom. The molecule has 0 bridgehead atoms. The Balaban J connectivity index is 2.50. The van der Waals surface area contributed by atoms with E-state index in [1.54, 1.807) is 0 Å². The van der Waals surface area contributed by atoms with E-state index in [-0.39, 0.29) is 5.56 Å². The molecule has 0 atom stereocenters. The Bertz CT molecular complexity index is 650. The number of H-pyrrole nitrogens is 1. The third-order valence-corrected chi connectivity index (χ3v) is 3.79. The summed E-state index contributed by atoms with van der Waals surface area (Å²) in [5.41, 5.74) is 3.04. The Morgan fingerprint density at radius 3 is 2.61 bits per heavy atom. The van der Waals surface area contributed by atoms with Crippen molar-refractivity contribution < 1.29 is 4.74 Å². The summed E-state index contributed by atoms with van der Waals surface area (Å²) in [6.45, 7) is 6.00. The van der Waals surface area contributed by atoms with Gasteiger partial charge >= 0.3 is 0 Å². The van der Waals surface area contributed by atoms with Crippen LogP contribution < -0.4 is 10.3 Å². The molecule has 1 heterocycles. The first-order chi connectivity index (χ1) is 8.50. The second-order valence-corrected chi connectivity index (χ2v) is 5.19. The number of nitrogens with one attached hydrogen (secondary N) is 1. The van der Waals surface area contributed by atoms with Gasteiger partial charge in [0.05, 0.1) is 6.33 Å². The summed E-state index contributed by atoms with van der Waals surface area (Å²) in [6, 6.07) is 4.05. The number of benzene rings is 1. The molecular weight excluding hydrogens is 343 g/mol. The van der Waals surface area contributed by atoms with E-state index >= 15 is 0 Å². The zero-order chi connectivity index (χ0) is 13.3. The van der Waals surface area contributed by atoms with Crippen molar-refractivity contribution in [1.29, 1.82) is 0 Å². The summed E-state index contributed by atoms with van der Waals surface area (Å²) in [6.07, 6.45) is 1.35. The molecule has 0 aliphatic heterocycles. The Kier molecular flexibility index (Phi) is 3.70. The van der Waals surface area contributed by atoms with E-state index in [0.717, 1.165) is 22.4 Å². The number of aromatic nitrogens is 2. The highest BCUT2D eigenvalue weighted by Crippen LogP contribution is 2.30. The standard InChI is InChI=1S/C13H13IN2O2/c1-7-4-5-8(2)11(9(7)3)18-13-10(14)12(17)15-6-16-13/h4-6H,1-3H3,(H,15,16,17). The van der Waals surface area contributed by atoms with Crippen molar-refractivity contribution in [3.63, 3.8) is 0 Å². The number of aryl methyl sites for hydroxylation is 2. The first-order valence-corrected chi connectivity index (χ1v) is 6.56. The number of rotatable bonds is 2. The van der Waals surface area contributed by atoms with Gasteiger partial charge in [-0.15, -0.1) is 0 Å². The predicted molar refractivity (Wildman–Crippen MR) is 78.3 cm³/mol. The van der Waals surface area contributed by atoms with Crippen LogP contribution in [0, 0.1) is 24.3 Å². The zero-order valence-corrected chi connectivity index (χ0v) is 12.5. The number of aromatic amines is 1. The van der Waals surface area contributed by atoms with Crippen LogP contribution in [0.5, 0.6) is 11.6 Å². The maximum Gasteiger partial charge on any atom is 0.268 e. The smallest absolute Gasteiger partial charge is 0.268 e. The SMILES string of the molecule is Cc1ccc(C)c(Oc2nc[nH]c(=O)c2I)c1C. The van der Waals surface area contributed by atoms with E-state index < -0.39 is 0 Å². The summed E-state index contributed by atoms with van der Waals surface area (Å²) < 4.78 is 6.25. The van der Waals surface area contributed by atoms with Crippen molar-refractivity contribution in [3.05, 3.63) is 49.1 Å². The molecule has 0 saturated heterocycles. The minimum atomic E-state index is -0.191. The fourth-order valence-corrected chi connectivity index (χ4v) is 2.02. The topological polar surface area (TPSA) is 55.0 Å². The molecule has 1 N–H and O–H groups in total. The van der Waals surface area contributed by atoms with E-state index in [4.69, 9.17) is 4.74 Å². The lowest BCUT2D eigenvalue weighted by Crippen LogP contribution is -2.11. The van der Waals surface area contributed by atoms with E-state index in [1.807, 2.05) is 55.5 Å². The second kappa shape index (κ2) is 5.09. The largest absolute Gasteiger partial charge is 0.437 e. The molecule has 5 heteroatoms. The van der Waals surface area contributed by atoms with Crippen LogP contribution in [0.4, 0.5) is 0 Å². The highest BCUT2D eigenvalue weighted by molar-refractivity contribution is 14.1. The molecule has 2 aromatic rings. The molecule has 4 nitrogen and oxygen atoms in total. The molecule has 18 heavy (non-hydrogen) atoms. The molecule has 0 unspecified atom stereocenters. The average molecular weight is 356 g/mol. The van der Waals surface area contributed by atoms with Gasteiger partial charge in [-0.25, -0.2) is 4.98 Å². The van der Waals surface area contributed by atoms with Gasteiger partial charge < -0.3 is 9.72 Å². The van der Waals surface area contributed by atoms with Gasteiger partial charge in [0.2, 0.25) is 5.88 Å². The van der Waals surface area contributed by atoms with Gasteiger partial charge in [0.15, 0.2) is 0 Å². The molecule has 2 rings (SSSR count). The van der Waals surface area contributed by atoms with Crippen molar-refractivity contribution in [2.24, 2.45) is 0 Å². The lowest BCUT2D eigenvalue weighted by molar-refractivity contribution is 0.449. The van der Waals surface area contributed by atoms with Crippen molar-refractivity contribution in [3.8, 4) is 11.6 Å². The van der Waals surface area contributed by atoms with Gasteiger partial charge in [-0.1, -0.05) is 12.1 Å². The number of hydrogen-bond donors (Lipinski definition) is 1. The van der Waals surface area contributed by atoms with Crippen molar-refractivity contribution in [2.75, 3.05) is 0 Å². The van der Waals surface area contributed by atoms with Crippen LogP contribution in [0.15, 0.2) is 23.3 Å². The minimum absolute atomic E-state index is 0.191. The van der Waals surface area contributed by atoms with Crippen molar-refractivity contribution >= 4 is 22.6 Å². The van der Waals surface area contributed by atoms with Gasteiger partial charge in [0, 0.05) is 0 Å². The van der Waals surface area contributed by atoms with Crippen LogP contribution in [-0.4, -0.2) is 9.97 Å². The molecular formula is C13H13IN2O2. The van der Waals surface area contributed by atoms with Crippen LogP contribution in [0.25, 0.3) is 0 Å². The van der Waals surface area contributed by atoms with Gasteiger partial charge in [-0.3, -0.25) is 4.79 Å². The Labute approximate surface area is 119 Å². The fourth-order valence-electron chi connectivity index (χ4n) is 1.62. The van der Waals surface area contributed by atoms with Crippen LogP contribution in [-0.2, 0) is 0 Å². The Morgan fingerprint density at radius 2 is 1.89 bits per heavy atom. The predicted octanol–water partition coefficient (Wildman–Crippen LogP) is 3.09. The lowest BCUT2D eigenvalue weighted by Gasteiger charge is -2.13. The monoisotopic (exact) mass is 356 g/mol. The van der Waals surface area contributed by atoms with Gasteiger partial charge in [0.25, 0.3) is 5.56 Å². The summed E-state index contributed by atoms with van der Waals surface area (Å²) in [5, 5.41) is 0. The number of hydrogen-bond acceptors (Lipinski definition) is 3. The molecule has 1 aromatic carbocycles. The molecule has 0 fully saturated rings. The van der Waals surface area contributed by atoms with Crippen molar-refractivity contribution in [1.82, 2.24) is 9.97 Å². The van der Waals surface area contributed by atoms with Gasteiger partial charge in [-0.2, -0.15) is 0 Å². The Hall–Kier alpha value is -1.37. The summed E-state index contributed by atoms with van der Waals surface area (Å²) in [5.74, 6) is 1.11. The first kappa shape index (κ1) is 13.1. The van der Waals surface area contributed by atoms with Crippen LogP contribution in [0.3, 0.4) is 0 Å². The quantitative estimate of drug-likeness (QED) is 0.842. The minimum Gasteiger partial charge on any atom is -0.437 e. The fraction of sp³-hybridized carbons (Fsp3) is 0.231. The highest BCUT2D eigenvalue weighted by Gasteiger charge is 2.12. The molecule has 0 amide bonds. The summed E-state index contributed by atoms with van der Waals surface area (Å²) >= 11 is 1.93. The molecule has 0 saturated carbocycles. The molecule has 0 aliphatic carbocycles. The zero-order valence-electron chi connectivity index (χ0n) is 10.4. The highest BCUT2D eigenvalue weighted by atomic mass is 127. The van der Waals surface area contributed by atoms with E-state index in [9.17, 15) is 4.79 Å². The number of halogens is 1. The lowest BCUT2D eigenvalue weighted by atomic mass is 10.1. The number of nitrogens with zero attached hydrogens (tertiary/aromatic N) is 1.